The lowest BCUT2D eigenvalue weighted by atomic mass is 10.2. The summed E-state index contributed by atoms with van der Waals surface area (Å²) in [6, 6.07) is 0. The number of halogens is 1. The molecule has 9 heteroatoms. The SMILES string of the molecule is COC(=O)c1c(C)oc(C)c1S(=O)(=O)N1CCCNCC1.Cl. The van der Waals surface area contributed by atoms with Crippen molar-refractivity contribution in [1.29, 1.82) is 0 Å². The monoisotopic (exact) mass is 352 g/mol. The molecule has 22 heavy (non-hydrogen) atoms. The van der Waals surface area contributed by atoms with Crippen molar-refractivity contribution in [2.24, 2.45) is 0 Å². The zero-order valence-corrected chi connectivity index (χ0v) is 14.5. The molecule has 1 fully saturated rings. The molecule has 7 nitrogen and oxygen atoms in total. The summed E-state index contributed by atoms with van der Waals surface area (Å²) in [6.07, 6.45) is 0.725. The van der Waals surface area contributed by atoms with Crippen molar-refractivity contribution in [3.8, 4) is 0 Å². The smallest absolute Gasteiger partial charge is 0.342 e. The van der Waals surface area contributed by atoms with Crippen molar-refractivity contribution < 1.29 is 22.4 Å². The molecule has 1 aromatic heterocycles. The molecule has 0 unspecified atom stereocenters. The molecule has 2 heterocycles. The summed E-state index contributed by atoms with van der Waals surface area (Å²) >= 11 is 0. The molecule has 0 aliphatic carbocycles. The van der Waals surface area contributed by atoms with Gasteiger partial charge in [0.1, 0.15) is 22.0 Å². The summed E-state index contributed by atoms with van der Waals surface area (Å²) < 4.78 is 37.1. The van der Waals surface area contributed by atoms with Gasteiger partial charge in [0, 0.05) is 19.6 Å². The van der Waals surface area contributed by atoms with Crippen LogP contribution in [-0.2, 0) is 14.8 Å². The van der Waals surface area contributed by atoms with Crippen molar-refractivity contribution >= 4 is 28.4 Å². The second-order valence-corrected chi connectivity index (χ2v) is 6.79. The predicted molar refractivity (Wildman–Crippen MR) is 83.0 cm³/mol. The molecule has 0 amide bonds. The first kappa shape index (κ1) is 19.0. The molecule has 126 valence electrons. The van der Waals surface area contributed by atoms with Gasteiger partial charge in [-0.15, -0.1) is 12.4 Å². The maximum atomic E-state index is 12.8. The fourth-order valence-corrected chi connectivity index (χ4v) is 4.35. The van der Waals surface area contributed by atoms with Crippen LogP contribution in [0.4, 0.5) is 0 Å². The number of carbonyl (C=O) groups is 1. The number of hydrogen-bond donors (Lipinski definition) is 1. The molecule has 2 rings (SSSR count). The van der Waals surface area contributed by atoms with E-state index in [2.05, 4.69) is 10.1 Å². The van der Waals surface area contributed by atoms with E-state index in [4.69, 9.17) is 4.42 Å². The summed E-state index contributed by atoms with van der Waals surface area (Å²) in [5.74, 6) is -0.230. The molecule has 1 aliphatic rings. The van der Waals surface area contributed by atoms with Gasteiger partial charge in [-0.1, -0.05) is 0 Å². The number of aryl methyl sites for hydroxylation is 2. The Hall–Kier alpha value is -1.09. The van der Waals surface area contributed by atoms with Gasteiger partial charge in [-0.3, -0.25) is 0 Å². The molecule has 1 aromatic rings. The van der Waals surface area contributed by atoms with Crippen molar-refractivity contribution in [1.82, 2.24) is 9.62 Å². The zero-order valence-electron chi connectivity index (χ0n) is 12.8. The summed E-state index contributed by atoms with van der Waals surface area (Å²) in [4.78, 5) is 11.8. The van der Waals surface area contributed by atoms with Gasteiger partial charge in [-0.05, 0) is 26.8 Å². The Morgan fingerprint density at radius 3 is 2.55 bits per heavy atom. The summed E-state index contributed by atoms with van der Waals surface area (Å²) in [5.41, 5.74) is -0.00722. The van der Waals surface area contributed by atoms with Crippen LogP contribution < -0.4 is 5.32 Å². The number of hydrogen-bond acceptors (Lipinski definition) is 6. The maximum absolute atomic E-state index is 12.8. The lowest BCUT2D eigenvalue weighted by Gasteiger charge is -2.19. The first-order valence-corrected chi connectivity index (χ1v) is 8.22. The van der Waals surface area contributed by atoms with Gasteiger partial charge in [0.25, 0.3) is 0 Å². The van der Waals surface area contributed by atoms with Crippen LogP contribution in [0, 0.1) is 13.8 Å². The Labute approximate surface area is 136 Å². The number of ether oxygens (including phenoxy) is 1. The van der Waals surface area contributed by atoms with E-state index in [0.717, 1.165) is 13.0 Å². The molecule has 0 atom stereocenters. The number of esters is 1. The van der Waals surface area contributed by atoms with Crippen molar-refractivity contribution in [2.45, 2.75) is 25.2 Å². The highest BCUT2D eigenvalue weighted by Gasteiger charge is 2.35. The average Bonchev–Trinajstić information content (AvgIpc) is 2.64. The Morgan fingerprint density at radius 1 is 1.23 bits per heavy atom. The van der Waals surface area contributed by atoms with E-state index >= 15 is 0 Å². The summed E-state index contributed by atoms with van der Waals surface area (Å²) in [5, 5.41) is 3.15. The minimum atomic E-state index is -3.78. The second kappa shape index (κ2) is 7.45. The number of methoxy groups -OCH3 is 1. The molecule has 1 saturated heterocycles. The third kappa shape index (κ3) is 3.45. The fraction of sp³-hybridized carbons (Fsp3) is 0.615. The number of carbonyl (C=O) groups excluding carboxylic acids is 1. The van der Waals surface area contributed by atoms with E-state index in [1.54, 1.807) is 13.8 Å². The molecule has 0 bridgehead atoms. The maximum Gasteiger partial charge on any atom is 0.342 e. The van der Waals surface area contributed by atoms with E-state index in [9.17, 15) is 13.2 Å². The molecule has 1 N–H and O–H groups in total. The van der Waals surface area contributed by atoms with Crippen molar-refractivity contribution in [3.63, 3.8) is 0 Å². The van der Waals surface area contributed by atoms with Crippen LogP contribution in [0.25, 0.3) is 0 Å². The topological polar surface area (TPSA) is 88.8 Å². The van der Waals surface area contributed by atoms with E-state index in [1.807, 2.05) is 0 Å². The quantitative estimate of drug-likeness (QED) is 0.819. The molecule has 0 saturated carbocycles. The fourth-order valence-electron chi connectivity index (χ4n) is 2.50. The van der Waals surface area contributed by atoms with Gasteiger partial charge < -0.3 is 14.5 Å². The van der Waals surface area contributed by atoms with Gasteiger partial charge in [-0.25, -0.2) is 13.2 Å². The highest BCUT2D eigenvalue weighted by molar-refractivity contribution is 7.89. The summed E-state index contributed by atoms with van der Waals surface area (Å²) in [6.45, 7) is 5.25. The minimum absolute atomic E-state index is 0. The highest BCUT2D eigenvalue weighted by Crippen LogP contribution is 2.30. The average molecular weight is 353 g/mol. The second-order valence-electron chi connectivity index (χ2n) is 4.92. The van der Waals surface area contributed by atoms with Crippen LogP contribution in [0.1, 0.15) is 28.3 Å². The largest absolute Gasteiger partial charge is 0.465 e. The Kier molecular flexibility index (Phi) is 6.42. The highest BCUT2D eigenvalue weighted by atomic mass is 35.5. The van der Waals surface area contributed by atoms with Crippen LogP contribution in [0.5, 0.6) is 0 Å². The van der Waals surface area contributed by atoms with E-state index < -0.39 is 16.0 Å². The first-order valence-electron chi connectivity index (χ1n) is 6.78. The van der Waals surface area contributed by atoms with Crippen LogP contribution in [-0.4, -0.2) is 52.0 Å². The van der Waals surface area contributed by atoms with Crippen LogP contribution in [0.15, 0.2) is 9.31 Å². The minimum Gasteiger partial charge on any atom is -0.465 e. The molecular formula is C13H21ClN2O5S. The van der Waals surface area contributed by atoms with Crippen LogP contribution in [0.2, 0.25) is 0 Å². The Bertz CT molecular complexity index is 633. The molecule has 1 aliphatic heterocycles. The first-order chi connectivity index (χ1) is 9.89. The van der Waals surface area contributed by atoms with E-state index in [0.29, 0.717) is 19.6 Å². The molecule has 0 aromatic carbocycles. The van der Waals surface area contributed by atoms with E-state index in [1.165, 1.54) is 11.4 Å². The third-order valence-electron chi connectivity index (χ3n) is 3.49. The lowest BCUT2D eigenvalue weighted by Crippen LogP contribution is -2.35. The van der Waals surface area contributed by atoms with Crippen LogP contribution in [0.3, 0.4) is 0 Å². The van der Waals surface area contributed by atoms with Gasteiger partial charge in [0.05, 0.1) is 7.11 Å². The number of sulfonamides is 1. The Morgan fingerprint density at radius 2 is 1.91 bits per heavy atom. The van der Waals surface area contributed by atoms with Crippen molar-refractivity contribution in [2.75, 3.05) is 33.3 Å². The zero-order chi connectivity index (χ0) is 15.6. The van der Waals surface area contributed by atoms with Gasteiger partial charge in [0.15, 0.2) is 0 Å². The predicted octanol–water partition coefficient (Wildman–Crippen LogP) is 1.09. The van der Waals surface area contributed by atoms with Crippen molar-refractivity contribution in [3.05, 3.63) is 17.1 Å². The summed E-state index contributed by atoms with van der Waals surface area (Å²) in [7, 11) is -2.56. The number of nitrogens with zero attached hydrogens (tertiary/aromatic N) is 1. The standard InChI is InChI=1S/C13H20N2O5S.ClH/c1-9-11(13(16)19-3)12(10(2)20-9)21(17,18)15-7-4-5-14-6-8-15;/h14H,4-8H2,1-3H3;1H. The number of furan rings is 1. The molecular weight excluding hydrogens is 332 g/mol. The lowest BCUT2D eigenvalue weighted by molar-refractivity contribution is 0.0594. The van der Waals surface area contributed by atoms with Gasteiger partial charge in [0.2, 0.25) is 10.0 Å². The third-order valence-corrected chi connectivity index (χ3v) is 5.54. The van der Waals surface area contributed by atoms with E-state index in [-0.39, 0.29) is 34.4 Å². The number of nitrogens with one attached hydrogen (secondary N) is 1. The van der Waals surface area contributed by atoms with Crippen LogP contribution >= 0.6 is 12.4 Å². The normalized spacial score (nSPS) is 16.7. The molecule has 0 radical (unpaired) electrons. The number of rotatable bonds is 3. The Balaban J connectivity index is 0.00000242. The van der Waals surface area contributed by atoms with Gasteiger partial charge in [-0.2, -0.15) is 4.31 Å². The molecule has 0 spiro atoms. The van der Waals surface area contributed by atoms with Gasteiger partial charge >= 0.3 is 5.97 Å².